The number of fused-ring (bicyclic) bond motifs is 1. The van der Waals surface area contributed by atoms with Crippen LogP contribution in [-0.2, 0) is 13.0 Å². The topological polar surface area (TPSA) is 38.2 Å². The van der Waals surface area contributed by atoms with E-state index in [-0.39, 0.29) is 0 Å². The van der Waals surface area contributed by atoms with Crippen LogP contribution in [0.5, 0.6) is 5.88 Å². The number of aromatic nitrogens is 2. The Kier molecular flexibility index (Phi) is 2.52. The Labute approximate surface area is 95.7 Å². The summed E-state index contributed by atoms with van der Waals surface area (Å²) in [6.45, 7) is 2.82. The lowest BCUT2D eigenvalue weighted by Gasteiger charge is -2.24. The second-order valence-electron chi connectivity index (χ2n) is 4.85. The predicted molar refractivity (Wildman–Crippen MR) is 60.3 cm³/mol. The minimum absolute atomic E-state index is 0.775. The van der Waals surface area contributed by atoms with Crippen LogP contribution in [0.25, 0.3) is 0 Å². The maximum Gasteiger partial charge on any atom is 0.219 e. The number of nitrogens with zero attached hydrogens (tertiary/aromatic N) is 3. The average Bonchev–Trinajstić information content (AvgIpc) is 3.09. The largest absolute Gasteiger partial charge is 0.477 e. The van der Waals surface area contributed by atoms with Crippen LogP contribution in [0.4, 0.5) is 0 Å². The lowest BCUT2D eigenvalue weighted by atomic mass is 10.1. The summed E-state index contributed by atoms with van der Waals surface area (Å²) in [7, 11) is 2.12. The molecule has 1 aliphatic carbocycles. The van der Waals surface area contributed by atoms with Gasteiger partial charge in [0.25, 0.3) is 0 Å². The van der Waals surface area contributed by atoms with Crippen LogP contribution >= 0.6 is 0 Å². The molecular formula is C12H17N3O. The van der Waals surface area contributed by atoms with Crippen molar-refractivity contribution in [3.8, 4) is 5.88 Å². The Balaban J connectivity index is 1.78. The van der Waals surface area contributed by atoms with Gasteiger partial charge in [-0.05, 0) is 32.2 Å². The van der Waals surface area contributed by atoms with Gasteiger partial charge in [0, 0.05) is 18.7 Å². The summed E-state index contributed by atoms with van der Waals surface area (Å²) < 4.78 is 5.79. The molecule has 0 unspecified atom stereocenters. The molecule has 0 atom stereocenters. The van der Waals surface area contributed by atoms with Crippen molar-refractivity contribution in [2.24, 2.45) is 5.92 Å². The normalized spacial score (nSPS) is 20.6. The number of rotatable bonds is 3. The van der Waals surface area contributed by atoms with E-state index in [1.54, 1.807) is 6.33 Å². The first kappa shape index (κ1) is 10.0. The molecule has 2 heterocycles. The highest BCUT2D eigenvalue weighted by atomic mass is 16.5. The van der Waals surface area contributed by atoms with Crippen LogP contribution in [-0.4, -0.2) is 35.1 Å². The summed E-state index contributed by atoms with van der Waals surface area (Å²) in [4.78, 5) is 10.9. The van der Waals surface area contributed by atoms with Crippen molar-refractivity contribution in [3.63, 3.8) is 0 Å². The van der Waals surface area contributed by atoms with Crippen molar-refractivity contribution >= 4 is 0 Å². The number of hydrogen-bond donors (Lipinski definition) is 0. The van der Waals surface area contributed by atoms with Gasteiger partial charge in [0.2, 0.25) is 5.88 Å². The minimum atomic E-state index is 0.775. The molecule has 86 valence electrons. The SMILES string of the molecule is CN1CCc2c(ncnc2OCC2CC2)C1. The summed E-state index contributed by atoms with van der Waals surface area (Å²) in [5, 5.41) is 0. The first-order valence-corrected chi connectivity index (χ1v) is 5.97. The molecule has 4 heteroatoms. The highest BCUT2D eigenvalue weighted by molar-refractivity contribution is 5.31. The van der Waals surface area contributed by atoms with Gasteiger partial charge in [-0.3, -0.25) is 0 Å². The summed E-state index contributed by atoms with van der Waals surface area (Å²) in [5.74, 6) is 1.60. The van der Waals surface area contributed by atoms with E-state index in [1.807, 2.05) is 0 Å². The molecule has 1 aromatic heterocycles. The van der Waals surface area contributed by atoms with Crippen molar-refractivity contribution in [2.45, 2.75) is 25.8 Å². The Morgan fingerprint density at radius 3 is 3.12 bits per heavy atom. The minimum Gasteiger partial charge on any atom is -0.477 e. The van der Waals surface area contributed by atoms with Crippen LogP contribution in [0.3, 0.4) is 0 Å². The fraction of sp³-hybridized carbons (Fsp3) is 0.667. The third-order valence-corrected chi connectivity index (χ3v) is 3.31. The number of likely N-dealkylation sites (N-methyl/N-ethyl adjacent to an activating group) is 1. The molecule has 4 nitrogen and oxygen atoms in total. The third kappa shape index (κ3) is 2.02. The number of ether oxygens (including phenoxy) is 1. The van der Waals surface area contributed by atoms with Gasteiger partial charge in [0.15, 0.2) is 0 Å². The molecule has 0 amide bonds. The van der Waals surface area contributed by atoms with Gasteiger partial charge >= 0.3 is 0 Å². The highest BCUT2D eigenvalue weighted by Crippen LogP contribution is 2.30. The molecule has 1 saturated carbocycles. The number of hydrogen-bond acceptors (Lipinski definition) is 4. The van der Waals surface area contributed by atoms with Crippen molar-refractivity contribution in [3.05, 3.63) is 17.6 Å². The van der Waals surface area contributed by atoms with E-state index in [2.05, 4.69) is 21.9 Å². The first-order valence-electron chi connectivity index (χ1n) is 5.97. The first-order chi connectivity index (χ1) is 7.83. The molecule has 1 aromatic rings. The summed E-state index contributed by atoms with van der Waals surface area (Å²) in [6, 6.07) is 0. The van der Waals surface area contributed by atoms with Gasteiger partial charge in [-0.15, -0.1) is 0 Å². The average molecular weight is 219 g/mol. The molecule has 16 heavy (non-hydrogen) atoms. The van der Waals surface area contributed by atoms with Crippen LogP contribution < -0.4 is 4.74 Å². The van der Waals surface area contributed by atoms with E-state index < -0.39 is 0 Å². The monoisotopic (exact) mass is 219 g/mol. The van der Waals surface area contributed by atoms with Gasteiger partial charge in [0.1, 0.15) is 6.33 Å². The second kappa shape index (κ2) is 4.01. The van der Waals surface area contributed by atoms with Crippen molar-refractivity contribution in [1.29, 1.82) is 0 Å². The third-order valence-electron chi connectivity index (χ3n) is 3.31. The van der Waals surface area contributed by atoms with E-state index in [0.717, 1.165) is 43.6 Å². The molecule has 3 rings (SSSR count). The van der Waals surface area contributed by atoms with Gasteiger partial charge < -0.3 is 9.64 Å². The lowest BCUT2D eigenvalue weighted by Crippen LogP contribution is -2.28. The smallest absolute Gasteiger partial charge is 0.219 e. The fourth-order valence-corrected chi connectivity index (χ4v) is 2.06. The molecule has 0 radical (unpaired) electrons. The predicted octanol–water partition coefficient (Wildman–Crippen LogP) is 1.25. The van der Waals surface area contributed by atoms with E-state index in [0.29, 0.717) is 0 Å². The van der Waals surface area contributed by atoms with Crippen LogP contribution in [0.15, 0.2) is 6.33 Å². The quantitative estimate of drug-likeness (QED) is 0.767. The van der Waals surface area contributed by atoms with E-state index >= 15 is 0 Å². The molecular weight excluding hydrogens is 202 g/mol. The van der Waals surface area contributed by atoms with Gasteiger partial charge in [-0.2, -0.15) is 0 Å². The van der Waals surface area contributed by atoms with E-state index in [9.17, 15) is 0 Å². The summed E-state index contributed by atoms with van der Waals surface area (Å²) >= 11 is 0. The lowest BCUT2D eigenvalue weighted by molar-refractivity contribution is 0.267. The molecule has 2 aliphatic rings. The standard InChI is InChI=1S/C12H17N3O/c1-15-5-4-10-11(6-15)13-8-14-12(10)16-7-9-2-3-9/h8-9H,2-7H2,1H3. The van der Waals surface area contributed by atoms with Gasteiger partial charge in [-0.25, -0.2) is 9.97 Å². The van der Waals surface area contributed by atoms with E-state index in [1.165, 1.54) is 18.4 Å². The summed E-state index contributed by atoms with van der Waals surface area (Å²) in [6.07, 6.45) is 5.26. The molecule has 0 aromatic carbocycles. The van der Waals surface area contributed by atoms with Gasteiger partial charge in [-0.1, -0.05) is 0 Å². The Bertz CT molecular complexity index is 390. The Hall–Kier alpha value is -1.16. The zero-order chi connectivity index (χ0) is 11.0. The molecule has 0 spiro atoms. The molecule has 0 bridgehead atoms. The van der Waals surface area contributed by atoms with Crippen LogP contribution in [0.1, 0.15) is 24.1 Å². The molecule has 1 fully saturated rings. The Morgan fingerprint density at radius 2 is 2.31 bits per heavy atom. The Morgan fingerprint density at radius 1 is 1.44 bits per heavy atom. The summed E-state index contributed by atoms with van der Waals surface area (Å²) in [5.41, 5.74) is 2.36. The van der Waals surface area contributed by atoms with Crippen molar-refractivity contribution < 1.29 is 4.74 Å². The van der Waals surface area contributed by atoms with E-state index in [4.69, 9.17) is 4.74 Å². The van der Waals surface area contributed by atoms with Crippen LogP contribution in [0, 0.1) is 5.92 Å². The molecule has 1 aliphatic heterocycles. The molecule has 0 saturated heterocycles. The zero-order valence-electron chi connectivity index (χ0n) is 9.65. The van der Waals surface area contributed by atoms with Crippen LogP contribution in [0.2, 0.25) is 0 Å². The fourth-order valence-electron chi connectivity index (χ4n) is 2.06. The zero-order valence-corrected chi connectivity index (χ0v) is 9.65. The molecule has 0 N–H and O–H groups in total. The highest BCUT2D eigenvalue weighted by Gasteiger charge is 2.24. The van der Waals surface area contributed by atoms with Crippen molar-refractivity contribution in [2.75, 3.05) is 20.2 Å². The second-order valence-corrected chi connectivity index (χ2v) is 4.85. The maximum atomic E-state index is 5.79. The maximum absolute atomic E-state index is 5.79. The van der Waals surface area contributed by atoms with Gasteiger partial charge in [0.05, 0.1) is 12.3 Å². The van der Waals surface area contributed by atoms with Crippen molar-refractivity contribution in [1.82, 2.24) is 14.9 Å².